The molecule has 3 N–H and O–H groups in total. The molecule has 0 fully saturated rings. The van der Waals surface area contributed by atoms with E-state index >= 15 is 0 Å². The van der Waals surface area contributed by atoms with Crippen molar-refractivity contribution in [2.75, 3.05) is 12.8 Å². The molecule has 10 heteroatoms. The van der Waals surface area contributed by atoms with Crippen LogP contribution in [0.2, 0.25) is 0 Å². The number of methoxy groups -OCH3 is 1. The summed E-state index contributed by atoms with van der Waals surface area (Å²) in [5.41, 5.74) is 8.14. The summed E-state index contributed by atoms with van der Waals surface area (Å²) in [4.78, 5) is 8.99. The van der Waals surface area contributed by atoms with Gasteiger partial charge in [0.25, 0.3) is 0 Å². The minimum atomic E-state index is -4.09. The first kappa shape index (κ1) is 21.4. The third kappa shape index (κ3) is 3.50. The first-order valence-corrected chi connectivity index (χ1v) is 11.7. The molecule has 2 heterocycles. The first-order valence-electron chi connectivity index (χ1n) is 10.2. The fourth-order valence-corrected chi connectivity index (χ4v) is 5.08. The van der Waals surface area contributed by atoms with E-state index in [1.807, 2.05) is 0 Å². The number of hydrogen-bond donors (Lipinski definition) is 2. The Bertz CT molecular complexity index is 1680. The first-order chi connectivity index (χ1) is 16.4. The molecule has 2 aromatic heterocycles. The predicted octanol–water partition coefficient (Wildman–Crippen LogP) is 3.60. The van der Waals surface area contributed by atoms with Crippen LogP contribution in [0.1, 0.15) is 5.56 Å². The lowest BCUT2D eigenvalue weighted by Gasteiger charge is -2.06. The maximum absolute atomic E-state index is 13.7. The van der Waals surface area contributed by atoms with Crippen LogP contribution < -0.4 is 10.5 Å². The van der Waals surface area contributed by atoms with Crippen LogP contribution in [0.25, 0.3) is 22.2 Å². The quantitative estimate of drug-likeness (QED) is 0.373. The lowest BCUT2D eigenvalue weighted by atomic mass is 10.2. The number of para-hydroxylation sites is 3. The third-order valence-electron chi connectivity index (χ3n) is 5.32. The highest BCUT2D eigenvalue weighted by molar-refractivity contribution is 7.92. The zero-order valence-corrected chi connectivity index (χ0v) is 18.8. The van der Waals surface area contributed by atoms with Crippen molar-refractivity contribution in [1.82, 2.24) is 14.6 Å². The van der Waals surface area contributed by atoms with E-state index in [4.69, 9.17) is 10.5 Å². The van der Waals surface area contributed by atoms with Crippen molar-refractivity contribution in [2.45, 2.75) is 9.79 Å². The smallest absolute Gasteiger partial charge is 0.212 e. The Morgan fingerprint density at radius 3 is 2.29 bits per heavy atom. The van der Waals surface area contributed by atoms with Crippen molar-refractivity contribution >= 4 is 44.1 Å². The molecule has 0 spiro atoms. The molecule has 170 valence electrons. The number of nitrogen functional groups attached to an aromatic ring is 1. The van der Waals surface area contributed by atoms with Crippen LogP contribution in [0.5, 0.6) is 11.5 Å². The van der Waals surface area contributed by atoms with Gasteiger partial charge in [0.15, 0.2) is 5.65 Å². The largest absolute Gasteiger partial charge is 0.507 e. The number of benzene rings is 3. The number of hydrogen-bond acceptors (Lipinski definition) is 8. The molecular formula is C24H19N5O4S. The standard InChI is InChI=1S/C24H19N5O4S/c1-33-16-10-12-17(13-11-16)34(31,32)22-21-24(28-19-8-4-3-7-18(19)27-21)29(23(22)25)26-14-15-6-2-5-9-20(15)30/h2-14,30H,25H2,1H3/b26-14+. The van der Waals surface area contributed by atoms with Gasteiger partial charge in [-0.25, -0.2) is 18.4 Å². The molecule has 3 aromatic carbocycles. The van der Waals surface area contributed by atoms with Crippen LogP contribution in [-0.2, 0) is 9.84 Å². The summed E-state index contributed by atoms with van der Waals surface area (Å²) in [6.07, 6.45) is 1.38. The molecule has 0 aliphatic rings. The maximum atomic E-state index is 13.7. The Morgan fingerprint density at radius 2 is 1.62 bits per heavy atom. The normalized spacial score (nSPS) is 12.0. The summed E-state index contributed by atoms with van der Waals surface area (Å²) < 4.78 is 33.7. The maximum Gasteiger partial charge on any atom is 0.212 e. The van der Waals surface area contributed by atoms with E-state index in [1.165, 1.54) is 36.2 Å². The summed E-state index contributed by atoms with van der Waals surface area (Å²) in [5, 5.41) is 14.4. The number of aromatic nitrogens is 3. The average molecular weight is 474 g/mol. The number of fused-ring (bicyclic) bond motifs is 2. The highest BCUT2D eigenvalue weighted by atomic mass is 32.2. The fourth-order valence-electron chi connectivity index (χ4n) is 3.59. The second kappa shape index (κ2) is 8.16. The number of anilines is 1. The molecular weight excluding hydrogens is 454 g/mol. The summed E-state index contributed by atoms with van der Waals surface area (Å²) in [5.74, 6) is 0.393. The number of rotatable bonds is 5. The number of phenolic OH excluding ortho intramolecular Hbond substituents is 1. The van der Waals surface area contributed by atoms with E-state index < -0.39 is 9.84 Å². The minimum absolute atomic E-state index is 0.0175. The number of aromatic hydroxyl groups is 1. The van der Waals surface area contributed by atoms with E-state index in [0.717, 1.165) is 0 Å². The molecule has 0 saturated carbocycles. The van der Waals surface area contributed by atoms with Crippen molar-refractivity contribution < 1.29 is 18.3 Å². The van der Waals surface area contributed by atoms with Gasteiger partial charge >= 0.3 is 0 Å². The SMILES string of the molecule is COc1ccc(S(=O)(=O)c2c(N)n(/N=C/c3ccccc3O)c3nc4ccccc4nc23)cc1. The van der Waals surface area contributed by atoms with Gasteiger partial charge in [-0.15, -0.1) is 0 Å². The Labute approximate surface area is 194 Å². The molecule has 34 heavy (non-hydrogen) atoms. The van der Waals surface area contributed by atoms with Gasteiger partial charge in [0.1, 0.15) is 27.7 Å². The molecule has 9 nitrogen and oxygen atoms in total. The van der Waals surface area contributed by atoms with Gasteiger partial charge in [-0.1, -0.05) is 24.3 Å². The van der Waals surface area contributed by atoms with E-state index in [2.05, 4.69) is 15.1 Å². The van der Waals surface area contributed by atoms with Crippen LogP contribution in [0.4, 0.5) is 5.82 Å². The summed E-state index contributed by atoms with van der Waals surface area (Å²) in [6.45, 7) is 0. The van der Waals surface area contributed by atoms with E-state index in [1.54, 1.807) is 54.6 Å². The Kier molecular flexibility index (Phi) is 5.14. The van der Waals surface area contributed by atoms with Gasteiger partial charge in [-0.2, -0.15) is 9.78 Å². The average Bonchev–Trinajstić information content (AvgIpc) is 3.12. The van der Waals surface area contributed by atoms with Crippen molar-refractivity contribution in [3.8, 4) is 11.5 Å². The summed E-state index contributed by atoms with van der Waals surface area (Å²) >= 11 is 0. The molecule has 0 radical (unpaired) electrons. The Balaban J connectivity index is 1.78. The van der Waals surface area contributed by atoms with Gasteiger partial charge in [0.05, 0.1) is 29.3 Å². The molecule has 0 amide bonds. The topological polar surface area (TPSA) is 133 Å². The number of nitrogens with zero attached hydrogens (tertiary/aromatic N) is 4. The van der Waals surface area contributed by atoms with Crippen molar-refractivity contribution in [3.05, 3.63) is 78.4 Å². The van der Waals surface area contributed by atoms with Gasteiger partial charge in [0, 0.05) is 5.56 Å². The molecule has 0 aliphatic heterocycles. The van der Waals surface area contributed by atoms with E-state index in [-0.39, 0.29) is 32.5 Å². The van der Waals surface area contributed by atoms with Crippen LogP contribution in [0.15, 0.2) is 87.7 Å². The fraction of sp³-hybridized carbons (Fsp3) is 0.0417. The van der Waals surface area contributed by atoms with Crippen LogP contribution in [-0.4, -0.2) is 41.5 Å². The predicted molar refractivity (Wildman–Crippen MR) is 129 cm³/mol. The number of phenols is 1. The van der Waals surface area contributed by atoms with Crippen LogP contribution in [0.3, 0.4) is 0 Å². The molecule has 0 aliphatic carbocycles. The van der Waals surface area contributed by atoms with Gasteiger partial charge in [-0.3, -0.25) is 0 Å². The highest BCUT2D eigenvalue weighted by Gasteiger charge is 2.30. The molecule has 0 bridgehead atoms. The minimum Gasteiger partial charge on any atom is -0.507 e. The monoisotopic (exact) mass is 473 g/mol. The summed E-state index contributed by atoms with van der Waals surface area (Å²) in [6, 6.07) is 19.7. The zero-order valence-electron chi connectivity index (χ0n) is 18.0. The lowest BCUT2D eigenvalue weighted by molar-refractivity contribution is 0.414. The second-order valence-electron chi connectivity index (χ2n) is 7.39. The Hall–Kier alpha value is -4.44. The number of sulfone groups is 1. The van der Waals surface area contributed by atoms with Crippen molar-refractivity contribution in [2.24, 2.45) is 5.10 Å². The van der Waals surface area contributed by atoms with Gasteiger partial charge < -0.3 is 15.6 Å². The number of ether oxygens (including phenoxy) is 1. The molecule has 5 rings (SSSR count). The van der Waals surface area contributed by atoms with Crippen molar-refractivity contribution in [3.63, 3.8) is 0 Å². The summed E-state index contributed by atoms with van der Waals surface area (Å²) in [7, 11) is -2.59. The van der Waals surface area contributed by atoms with Crippen LogP contribution in [0, 0.1) is 0 Å². The van der Waals surface area contributed by atoms with Gasteiger partial charge in [0.2, 0.25) is 9.84 Å². The lowest BCUT2D eigenvalue weighted by Crippen LogP contribution is -2.06. The molecule has 0 unspecified atom stereocenters. The second-order valence-corrected chi connectivity index (χ2v) is 9.28. The molecule has 5 aromatic rings. The molecule has 0 saturated heterocycles. The highest BCUT2D eigenvalue weighted by Crippen LogP contribution is 2.35. The number of nitrogens with two attached hydrogens (primary N) is 1. The van der Waals surface area contributed by atoms with Crippen LogP contribution >= 0.6 is 0 Å². The van der Waals surface area contributed by atoms with E-state index in [0.29, 0.717) is 22.3 Å². The molecule has 0 atom stereocenters. The van der Waals surface area contributed by atoms with Crippen molar-refractivity contribution in [1.29, 1.82) is 0 Å². The van der Waals surface area contributed by atoms with Gasteiger partial charge in [-0.05, 0) is 48.5 Å². The van der Waals surface area contributed by atoms with E-state index in [9.17, 15) is 13.5 Å². The Morgan fingerprint density at radius 1 is 0.971 bits per heavy atom. The third-order valence-corrected chi connectivity index (χ3v) is 7.15. The zero-order chi connectivity index (χ0) is 23.9.